The number of aliphatic hydroxyl groups is 3. The highest BCUT2D eigenvalue weighted by Crippen LogP contribution is 2.68. The molecule has 0 aromatic carbocycles. The van der Waals surface area contributed by atoms with Crippen LogP contribution in [0.3, 0.4) is 0 Å². The molecule has 5 rings (SSSR count). The van der Waals surface area contributed by atoms with E-state index in [4.69, 9.17) is 4.74 Å². The third-order valence-electron chi connectivity index (χ3n) is 11.7. The van der Waals surface area contributed by atoms with Gasteiger partial charge >= 0.3 is 0 Å². The van der Waals surface area contributed by atoms with Crippen LogP contribution in [0.15, 0.2) is 0 Å². The van der Waals surface area contributed by atoms with E-state index in [1.165, 1.54) is 0 Å². The van der Waals surface area contributed by atoms with Crippen molar-refractivity contribution in [2.24, 2.45) is 46.3 Å². The predicted octanol–water partition coefficient (Wildman–Crippen LogP) is 3.22. The van der Waals surface area contributed by atoms with E-state index in [2.05, 4.69) is 20.8 Å². The van der Waals surface area contributed by atoms with Crippen LogP contribution in [-0.4, -0.2) is 70.7 Å². The van der Waals surface area contributed by atoms with Gasteiger partial charge in [-0.15, -0.1) is 0 Å². The number of aliphatic hydroxyl groups excluding tert-OH is 3. The summed E-state index contributed by atoms with van der Waals surface area (Å²) in [6.45, 7) is 9.64. The molecule has 6 nitrogen and oxygen atoms in total. The van der Waals surface area contributed by atoms with Gasteiger partial charge in [-0.3, -0.25) is 4.79 Å². The zero-order valence-electron chi connectivity index (χ0n) is 21.5. The molecule has 6 heteroatoms. The number of carbonyl (C=O) groups is 1. The van der Waals surface area contributed by atoms with Gasteiger partial charge in [-0.2, -0.15) is 0 Å². The van der Waals surface area contributed by atoms with E-state index >= 15 is 0 Å². The largest absolute Gasteiger partial charge is 0.393 e. The van der Waals surface area contributed by atoms with Crippen LogP contribution >= 0.6 is 0 Å². The summed E-state index contributed by atoms with van der Waals surface area (Å²) >= 11 is 0. The summed E-state index contributed by atoms with van der Waals surface area (Å²) in [6, 6.07) is 0. The lowest BCUT2D eigenvalue weighted by atomic mass is 9.43. The lowest BCUT2D eigenvalue weighted by Gasteiger charge is -2.63. The summed E-state index contributed by atoms with van der Waals surface area (Å²) < 4.78 is 5.38. The molecule has 4 aliphatic carbocycles. The van der Waals surface area contributed by atoms with Crippen LogP contribution in [0.2, 0.25) is 0 Å². The number of carbonyl (C=O) groups excluding carboxylic acids is 1. The fourth-order valence-corrected chi connectivity index (χ4v) is 9.65. The minimum Gasteiger partial charge on any atom is -0.393 e. The molecule has 34 heavy (non-hydrogen) atoms. The first kappa shape index (κ1) is 25.0. The first-order chi connectivity index (χ1) is 16.2. The van der Waals surface area contributed by atoms with E-state index in [0.717, 1.165) is 51.4 Å². The SMILES string of the molecule is CC(CCC(=O)N1CCOCC1)C1CCC2C3C(O)CC4CC(O)CCC4(C)C3CC(O)C12C. The van der Waals surface area contributed by atoms with E-state index < -0.39 is 0 Å². The van der Waals surface area contributed by atoms with Crippen molar-refractivity contribution in [2.45, 2.75) is 96.9 Å². The number of hydrogen-bond donors (Lipinski definition) is 3. The summed E-state index contributed by atoms with van der Waals surface area (Å²) in [5.41, 5.74) is -0.0827. The van der Waals surface area contributed by atoms with Crippen LogP contribution in [0.1, 0.15) is 78.6 Å². The third-order valence-corrected chi connectivity index (χ3v) is 11.7. The Bertz CT molecular complexity index is 755. The number of hydrogen-bond acceptors (Lipinski definition) is 5. The van der Waals surface area contributed by atoms with Gasteiger partial charge in [0, 0.05) is 19.5 Å². The monoisotopic (exact) mass is 477 g/mol. The molecule has 4 saturated carbocycles. The van der Waals surface area contributed by atoms with Crippen LogP contribution in [0.5, 0.6) is 0 Å². The number of ether oxygens (including phenoxy) is 1. The second-order valence-corrected chi connectivity index (χ2v) is 13.0. The smallest absolute Gasteiger partial charge is 0.222 e. The molecule has 0 bridgehead atoms. The number of rotatable bonds is 4. The highest BCUT2D eigenvalue weighted by Gasteiger charge is 2.65. The molecule has 0 radical (unpaired) electrons. The summed E-state index contributed by atoms with van der Waals surface area (Å²) in [5, 5.41) is 33.4. The first-order valence-corrected chi connectivity index (χ1v) is 14.1. The molecule has 0 spiro atoms. The van der Waals surface area contributed by atoms with Gasteiger partial charge in [0.1, 0.15) is 0 Å². The van der Waals surface area contributed by atoms with Crippen molar-refractivity contribution >= 4 is 5.91 Å². The molecule has 0 aromatic heterocycles. The molecule has 11 unspecified atom stereocenters. The summed E-state index contributed by atoms with van der Waals surface area (Å²) in [7, 11) is 0. The summed E-state index contributed by atoms with van der Waals surface area (Å²) in [4.78, 5) is 14.7. The van der Waals surface area contributed by atoms with Crippen LogP contribution < -0.4 is 0 Å². The van der Waals surface area contributed by atoms with Crippen LogP contribution in [-0.2, 0) is 9.53 Å². The number of amides is 1. The number of nitrogens with zero attached hydrogens (tertiary/aromatic N) is 1. The molecule has 1 saturated heterocycles. The van der Waals surface area contributed by atoms with E-state index in [-0.39, 0.29) is 41.0 Å². The maximum atomic E-state index is 12.7. The highest BCUT2D eigenvalue weighted by molar-refractivity contribution is 5.76. The van der Waals surface area contributed by atoms with Crippen molar-refractivity contribution in [1.82, 2.24) is 4.90 Å². The zero-order valence-corrected chi connectivity index (χ0v) is 21.5. The molecule has 194 valence electrons. The normalized spacial score (nSPS) is 49.6. The second kappa shape index (κ2) is 9.32. The minimum absolute atomic E-state index is 0.111. The quantitative estimate of drug-likeness (QED) is 0.578. The molecule has 11 atom stereocenters. The Balaban J connectivity index is 1.30. The Kier molecular flexibility index (Phi) is 6.84. The van der Waals surface area contributed by atoms with Gasteiger partial charge < -0.3 is 25.0 Å². The van der Waals surface area contributed by atoms with E-state index in [1.807, 2.05) is 4.90 Å². The van der Waals surface area contributed by atoms with Gasteiger partial charge in [-0.25, -0.2) is 0 Å². The molecule has 5 aliphatic rings. The van der Waals surface area contributed by atoms with E-state index in [9.17, 15) is 20.1 Å². The van der Waals surface area contributed by atoms with Crippen molar-refractivity contribution in [3.05, 3.63) is 0 Å². The molecule has 1 aliphatic heterocycles. The average molecular weight is 478 g/mol. The lowest BCUT2D eigenvalue weighted by molar-refractivity contribution is -0.207. The number of morpholine rings is 1. The van der Waals surface area contributed by atoms with Crippen LogP contribution in [0.25, 0.3) is 0 Å². The van der Waals surface area contributed by atoms with Gasteiger partial charge in [0.15, 0.2) is 0 Å². The molecular weight excluding hydrogens is 430 g/mol. The maximum absolute atomic E-state index is 12.7. The number of fused-ring (bicyclic) bond motifs is 5. The zero-order chi connectivity index (χ0) is 24.3. The van der Waals surface area contributed by atoms with Crippen molar-refractivity contribution < 1.29 is 24.9 Å². The van der Waals surface area contributed by atoms with Gasteiger partial charge in [0.2, 0.25) is 5.91 Å². The van der Waals surface area contributed by atoms with Crippen LogP contribution in [0.4, 0.5) is 0 Å². The Morgan fingerprint density at radius 2 is 1.76 bits per heavy atom. The van der Waals surface area contributed by atoms with Crippen molar-refractivity contribution in [3.63, 3.8) is 0 Å². The van der Waals surface area contributed by atoms with E-state index in [0.29, 0.717) is 62.3 Å². The molecule has 5 fully saturated rings. The topological polar surface area (TPSA) is 90.2 Å². The Labute approximate surface area is 205 Å². The van der Waals surface area contributed by atoms with Crippen molar-refractivity contribution in [2.75, 3.05) is 26.3 Å². The van der Waals surface area contributed by atoms with Gasteiger partial charge in [-0.05, 0) is 97.7 Å². The molecule has 1 amide bonds. The first-order valence-electron chi connectivity index (χ1n) is 14.1. The maximum Gasteiger partial charge on any atom is 0.222 e. The van der Waals surface area contributed by atoms with Gasteiger partial charge in [0.25, 0.3) is 0 Å². The van der Waals surface area contributed by atoms with Crippen LogP contribution in [0, 0.1) is 46.3 Å². The minimum atomic E-state index is -0.363. The third kappa shape index (κ3) is 3.95. The molecular formula is C28H47NO5. The van der Waals surface area contributed by atoms with Gasteiger partial charge in [-0.1, -0.05) is 20.8 Å². The standard InChI is InChI=1S/C28H47NO5/c1-17(4-7-25(33)29-10-12-34-13-11-29)20-5-6-21-26-22(16-24(32)28(20,21)3)27(2)9-8-19(30)14-18(27)15-23(26)31/h17-24,26,30-32H,4-16H2,1-3H3. The fourth-order valence-electron chi connectivity index (χ4n) is 9.65. The Hall–Kier alpha value is -0.690. The Morgan fingerprint density at radius 1 is 1.03 bits per heavy atom. The van der Waals surface area contributed by atoms with Crippen molar-refractivity contribution in [1.29, 1.82) is 0 Å². The summed E-state index contributed by atoms with van der Waals surface area (Å²) in [5.74, 6) is 2.27. The van der Waals surface area contributed by atoms with Crippen molar-refractivity contribution in [3.8, 4) is 0 Å². The molecule has 1 heterocycles. The Morgan fingerprint density at radius 3 is 2.50 bits per heavy atom. The fraction of sp³-hybridized carbons (Fsp3) is 0.964. The predicted molar refractivity (Wildman–Crippen MR) is 130 cm³/mol. The lowest BCUT2D eigenvalue weighted by Crippen LogP contribution is -2.62. The highest BCUT2D eigenvalue weighted by atomic mass is 16.5. The van der Waals surface area contributed by atoms with E-state index in [1.54, 1.807) is 0 Å². The summed E-state index contributed by atoms with van der Waals surface area (Å²) in [6.07, 6.45) is 6.88. The molecule has 0 aromatic rings. The van der Waals surface area contributed by atoms with Gasteiger partial charge in [0.05, 0.1) is 31.5 Å². The average Bonchev–Trinajstić information content (AvgIpc) is 3.18. The second-order valence-electron chi connectivity index (χ2n) is 13.0. The molecule has 3 N–H and O–H groups in total.